The lowest BCUT2D eigenvalue weighted by molar-refractivity contribution is -0.118. The highest BCUT2D eigenvalue weighted by Crippen LogP contribution is 2.17. The fourth-order valence-corrected chi connectivity index (χ4v) is 2.59. The summed E-state index contributed by atoms with van der Waals surface area (Å²) in [5.41, 5.74) is 2.59. The minimum absolute atomic E-state index is 0.159. The van der Waals surface area contributed by atoms with Crippen molar-refractivity contribution in [1.29, 1.82) is 0 Å². The van der Waals surface area contributed by atoms with E-state index in [1.807, 2.05) is 0 Å². The number of nitrogens with zero attached hydrogens (tertiary/aromatic N) is 2. The van der Waals surface area contributed by atoms with E-state index in [-0.39, 0.29) is 18.4 Å². The number of hydrogen-bond donors (Lipinski definition) is 2. The van der Waals surface area contributed by atoms with Crippen molar-refractivity contribution in [2.75, 3.05) is 24.4 Å². The van der Waals surface area contributed by atoms with Crippen LogP contribution in [0.15, 0.2) is 54.0 Å². The second-order valence-electron chi connectivity index (χ2n) is 5.29. The predicted molar refractivity (Wildman–Crippen MR) is 101 cm³/mol. The molecule has 2 aromatic carbocycles. The van der Waals surface area contributed by atoms with Crippen molar-refractivity contribution in [3.8, 4) is 11.5 Å². The van der Waals surface area contributed by atoms with Crippen molar-refractivity contribution in [2.45, 2.75) is 0 Å². The van der Waals surface area contributed by atoms with Gasteiger partial charge in [-0.05, 0) is 36.4 Å². The van der Waals surface area contributed by atoms with Gasteiger partial charge in [-0.15, -0.1) is 10.2 Å². The third-order valence-electron chi connectivity index (χ3n) is 3.42. The SMILES string of the molecule is COc1cccc(NC(=O)COc2ccc(C(=O)Nc3nncs3)cc2)c1. The van der Waals surface area contributed by atoms with Crippen molar-refractivity contribution in [1.82, 2.24) is 10.2 Å². The van der Waals surface area contributed by atoms with Gasteiger partial charge in [0.05, 0.1) is 7.11 Å². The van der Waals surface area contributed by atoms with E-state index in [9.17, 15) is 9.59 Å². The first kappa shape index (κ1) is 18.3. The smallest absolute Gasteiger partial charge is 0.262 e. The second kappa shape index (κ2) is 8.77. The van der Waals surface area contributed by atoms with Gasteiger partial charge in [-0.25, -0.2) is 0 Å². The van der Waals surface area contributed by atoms with E-state index in [0.717, 1.165) is 0 Å². The highest BCUT2D eigenvalue weighted by Gasteiger charge is 2.09. The van der Waals surface area contributed by atoms with Crippen LogP contribution in [-0.4, -0.2) is 35.7 Å². The molecule has 0 bridgehead atoms. The van der Waals surface area contributed by atoms with Gasteiger partial charge in [0.2, 0.25) is 5.13 Å². The fourth-order valence-electron chi connectivity index (χ4n) is 2.15. The van der Waals surface area contributed by atoms with Crippen LogP contribution >= 0.6 is 11.3 Å². The summed E-state index contributed by atoms with van der Waals surface area (Å²) >= 11 is 1.23. The molecule has 0 aliphatic carbocycles. The molecule has 0 saturated heterocycles. The summed E-state index contributed by atoms with van der Waals surface area (Å²) in [6.45, 7) is -0.159. The Labute approximate surface area is 159 Å². The van der Waals surface area contributed by atoms with Crippen LogP contribution < -0.4 is 20.1 Å². The molecule has 0 atom stereocenters. The molecular formula is C18H16N4O4S. The number of benzene rings is 2. The van der Waals surface area contributed by atoms with Gasteiger partial charge in [0.25, 0.3) is 11.8 Å². The topological polar surface area (TPSA) is 102 Å². The lowest BCUT2D eigenvalue weighted by Crippen LogP contribution is -2.20. The third-order valence-corrected chi connectivity index (χ3v) is 4.03. The Morgan fingerprint density at radius 1 is 1.07 bits per heavy atom. The molecule has 0 saturated carbocycles. The van der Waals surface area contributed by atoms with Crippen LogP contribution in [0.4, 0.5) is 10.8 Å². The van der Waals surface area contributed by atoms with Crippen LogP contribution in [0.1, 0.15) is 10.4 Å². The maximum absolute atomic E-state index is 12.1. The van der Waals surface area contributed by atoms with E-state index in [1.165, 1.54) is 16.8 Å². The molecule has 0 aliphatic heterocycles. The Morgan fingerprint density at radius 3 is 2.59 bits per heavy atom. The molecule has 0 unspecified atom stereocenters. The average Bonchev–Trinajstić information content (AvgIpc) is 3.20. The number of aromatic nitrogens is 2. The fraction of sp³-hybridized carbons (Fsp3) is 0.111. The van der Waals surface area contributed by atoms with Crippen LogP contribution in [0.2, 0.25) is 0 Å². The molecule has 2 amide bonds. The minimum Gasteiger partial charge on any atom is -0.497 e. The minimum atomic E-state index is -0.304. The summed E-state index contributed by atoms with van der Waals surface area (Å²) in [6.07, 6.45) is 0. The quantitative estimate of drug-likeness (QED) is 0.649. The highest BCUT2D eigenvalue weighted by atomic mass is 32.1. The second-order valence-corrected chi connectivity index (χ2v) is 6.12. The van der Waals surface area contributed by atoms with Crippen LogP contribution in [0.5, 0.6) is 11.5 Å². The average molecular weight is 384 g/mol. The molecule has 0 fully saturated rings. The Morgan fingerprint density at radius 2 is 1.89 bits per heavy atom. The number of carbonyl (C=O) groups excluding carboxylic acids is 2. The Hall–Kier alpha value is -3.46. The van der Waals surface area contributed by atoms with E-state index in [0.29, 0.717) is 27.9 Å². The number of nitrogens with one attached hydrogen (secondary N) is 2. The monoisotopic (exact) mass is 384 g/mol. The van der Waals surface area contributed by atoms with Gasteiger partial charge < -0.3 is 14.8 Å². The molecule has 0 aliphatic rings. The van der Waals surface area contributed by atoms with E-state index >= 15 is 0 Å². The van der Waals surface area contributed by atoms with Crippen molar-refractivity contribution in [3.05, 3.63) is 59.6 Å². The van der Waals surface area contributed by atoms with Gasteiger partial charge in [-0.3, -0.25) is 14.9 Å². The zero-order chi connectivity index (χ0) is 19.1. The summed E-state index contributed by atoms with van der Waals surface area (Å²) in [5.74, 6) is 0.523. The first-order valence-electron chi connectivity index (χ1n) is 7.88. The van der Waals surface area contributed by atoms with Crippen LogP contribution in [0, 0.1) is 0 Å². The summed E-state index contributed by atoms with van der Waals surface area (Å²) in [6, 6.07) is 13.5. The van der Waals surface area contributed by atoms with E-state index in [1.54, 1.807) is 55.6 Å². The molecule has 138 valence electrons. The molecule has 0 radical (unpaired) electrons. The molecule has 0 spiro atoms. The zero-order valence-electron chi connectivity index (χ0n) is 14.3. The zero-order valence-corrected chi connectivity index (χ0v) is 15.2. The van der Waals surface area contributed by atoms with Gasteiger partial charge in [0.1, 0.15) is 17.0 Å². The molecule has 3 aromatic rings. The lowest BCUT2D eigenvalue weighted by Gasteiger charge is -2.09. The maximum atomic E-state index is 12.1. The summed E-state index contributed by atoms with van der Waals surface area (Å²) in [4.78, 5) is 24.0. The highest BCUT2D eigenvalue weighted by molar-refractivity contribution is 7.13. The number of anilines is 2. The Balaban J connectivity index is 1.50. The van der Waals surface area contributed by atoms with Gasteiger partial charge in [0, 0.05) is 17.3 Å². The first-order chi connectivity index (χ1) is 13.1. The van der Waals surface area contributed by atoms with Gasteiger partial charge >= 0.3 is 0 Å². The molecule has 8 nitrogen and oxygen atoms in total. The van der Waals surface area contributed by atoms with Crippen LogP contribution in [0.25, 0.3) is 0 Å². The van der Waals surface area contributed by atoms with Crippen LogP contribution in [0.3, 0.4) is 0 Å². The third kappa shape index (κ3) is 5.25. The maximum Gasteiger partial charge on any atom is 0.262 e. The molecule has 9 heteroatoms. The Kier molecular flexibility index (Phi) is 5.95. The van der Waals surface area contributed by atoms with Gasteiger partial charge in [-0.1, -0.05) is 17.4 Å². The van der Waals surface area contributed by atoms with Crippen molar-refractivity contribution in [3.63, 3.8) is 0 Å². The van der Waals surface area contributed by atoms with Gasteiger partial charge in [0.15, 0.2) is 6.61 Å². The molecule has 1 aromatic heterocycles. The first-order valence-corrected chi connectivity index (χ1v) is 8.76. The van der Waals surface area contributed by atoms with E-state index in [4.69, 9.17) is 9.47 Å². The molecule has 3 rings (SSSR count). The predicted octanol–water partition coefficient (Wildman–Crippen LogP) is 2.82. The number of methoxy groups -OCH3 is 1. The molecule has 1 heterocycles. The Bertz CT molecular complexity index is 913. The van der Waals surface area contributed by atoms with E-state index < -0.39 is 0 Å². The number of ether oxygens (including phenoxy) is 2. The van der Waals surface area contributed by atoms with E-state index in [2.05, 4.69) is 20.8 Å². The van der Waals surface area contributed by atoms with Crippen molar-refractivity contribution < 1.29 is 19.1 Å². The number of hydrogen-bond acceptors (Lipinski definition) is 7. The summed E-state index contributed by atoms with van der Waals surface area (Å²) < 4.78 is 10.5. The van der Waals surface area contributed by atoms with Crippen LogP contribution in [-0.2, 0) is 4.79 Å². The number of rotatable bonds is 7. The standard InChI is InChI=1S/C18H16N4O4S/c1-25-15-4-2-3-13(9-15)20-16(23)10-26-14-7-5-12(6-8-14)17(24)21-18-22-19-11-27-18/h2-9,11H,10H2,1H3,(H,20,23)(H,21,22,24). The largest absolute Gasteiger partial charge is 0.497 e. The number of amides is 2. The normalized spacial score (nSPS) is 10.1. The number of carbonyl (C=O) groups is 2. The summed E-state index contributed by atoms with van der Waals surface area (Å²) in [5, 5.41) is 13.2. The molecular weight excluding hydrogens is 368 g/mol. The molecule has 27 heavy (non-hydrogen) atoms. The van der Waals surface area contributed by atoms with Crippen molar-refractivity contribution in [2.24, 2.45) is 0 Å². The van der Waals surface area contributed by atoms with Gasteiger partial charge in [-0.2, -0.15) is 0 Å². The summed E-state index contributed by atoms with van der Waals surface area (Å²) in [7, 11) is 1.56. The van der Waals surface area contributed by atoms with Crippen molar-refractivity contribution >= 4 is 34.0 Å². The lowest BCUT2D eigenvalue weighted by atomic mass is 10.2. The molecule has 2 N–H and O–H groups in total.